The lowest BCUT2D eigenvalue weighted by Crippen LogP contribution is -1.85. The van der Waals surface area contributed by atoms with E-state index in [0.717, 1.165) is 49.6 Å². The Balaban J connectivity index is 1.44. The third kappa shape index (κ3) is 2.12. The van der Waals surface area contributed by atoms with Crippen LogP contribution < -0.4 is 0 Å². The van der Waals surface area contributed by atoms with Crippen LogP contribution in [0.2, 0.25) is 0 Å². The number of nitrogens with zero attached hydrogens (tertiary/aromatic N) is 2. The first-order chi connectivity index (χ1) is 17.5. The van der Waals surface area contributed by atoms with Crippen LogP contribution in [0.15, 0.2) is 95.5 Å². The maximum absolute atomic E-state index is 7.60. The molecule has 3 nitrogen and oxygen atoms in total. The number of pyridine rings is 1. The van der Waals surface area contributed by atoms with Crippen molar-refractivity contribution in [3.05, 3.63) is 96.7 Å². The summed E-state index contributed by atoms with van der Waals surface area (Å²) in [6, 6.07) is 28.7. The van der Waals surface area contributed by atoms with E-state index in [-0.39, 0.29) is 5.56 Å². The fourth-order valence-corrected chi connectivity index (χ4v) is 5.51. The molecule has 0 fully saturated rings. The van der Waals surface area contributed by atoms with Gasteiger partial charge in [-0.25, -0.2) is 0 Å². The topological polar surface area (TPSA) is 30.4 Å². The average molecular weight is 426 g/mol. The molecule has 0 spiro atoms. The molecule has 8 rings (SSSR count). The van der Waals surface area contributed by atoms with Gasteiger partial charge in [-0.1, -0.05) is 48.5 Å². The summed E-state index contributed by atoms with van der Waals surface area (Å²) in [5, 5.41) is 7.03. The lowest BCUT2D eigenvalue weighted by Gasteiger charge is -2.03. The predicted molar refractivity (Wildman–Crippen MR) is 136 cm³/mol. The van der Waals surface area contributed by atoms with Gasteiger partial charge < -0.3 is 8.82 Å². The maximum Gasteiger partial charge on any atom is 0.136 e. The molecule has 154 valence electrons. The molecule has 0 aliphatic rings. The molecule has 4 aromatic heterocycles. The number of hydrogen-bond acceptors (Lipinski definition) is 2. The molecule has 0 N–H and O–H groups in total. The zero-order chi connectivity index (χ0) is 24.2. The number of fused-ring (bicyclic) bond motifs is 10. The van der Waals surface area contributed by atoms with Crippen molar-refractivity contribution in [3.63, 3.8) is 0 Å². The summed E-state index contributed by atoms with van der Waals surface area (Å²) >= 11 is 0. The molecular formula is C30H18N2O. The van der Waals surface area contributed by atoms with Crippen molar-refractivity contribution in [1.82, 2.24) is 9.38 Å². The molecule has 4 heterocycles. The molecule has 0 bridgehead atoms. The second kappa shape index (κ2) is 5.90. The summed E-state index contributed by atoms with van der Waals surface area (Å²) in [5.74, 6) is 0. The molecule has 0 unspecified atom stereocenters. The largest absolute Gasteiger partial charge is 0.456 e. The zero-order valence-corrected chi connectivity index (χ0v) is 17.5. The van der Waals surface area contributed by atoms with E-state index in [4.69, 9.17) is 8.53 Å². The van der Waals surface area contributed by atoms with Crippen LogP contribution in [0.1, 0.15) is 9.68 Å². The molecule has 8 aromatic rings. The van der Waals surface area contributed by atoms with E-state index in [9.17, 15) is 0 Å². The van der Waals surface area contributed by atoms with Gasteiger partial charge in [0, 0.05) is 48.2 Å². The number of aryl methyl sites for hydroxylation is 1. The molecule has 33 heavy (non-hydrogen) atoms. The summed E-state index contributed by atoms with van der Waals surface area (Å²) in [4.78, 5) is 4.46. The Labute approximate surface area is 193 Å². The van der Waals surface area contributed by atoms with Crippen molar-refractivity contribution in [3.8, 4) is 11.3 Å². The Morgan fingerprint density at radius 3 is 2.52 bits per heavy atom. The highest BCUT2D eigenvalue weighted by atomic mass is 16.3. The highest BCUT2D eigenvalue weighted by Gasteiger charge is 2.21. The first-order valence-corrected chi connectivity index (χ1v) is 11.0. The fourth-order valence-electron chi connectivity index (χ4n) is 5.51. The van der Waals surface area contributed by atoms with Gasteiger partial charge in [0.25, 0.3) is 0 Å². The van der Waals surface area contributed by atoms with Gasteiger partial charge in [0.05, 0.1) is 22.2 Å². The van der Waals surface area contributed by atoms with Crippen molar-refractivity contribution in [2.75, 3.05) is 0 Å². The Hall–Kier alpha value is -4.37. The molecule has 0 atom stereocenters. The molecule has 3 heteroatoms. The van der Waals surface area contributed by atoms with Gasteiger partial charge in [-0.2, -0.15) is 0 Å². The summed E-state index contributed by atoms with van der Waals surface area (Å²) in [5.41, 5.74) is 7.24. The first kappa shape index (κ1) is 14.6. The monoisotopic (exact) mass is 425 g/mol. The predicted octanol–water partition coefficient (Wildman–Crippen LogP) is 8.11. The van der Waals surface area contributed by atoms with Crippen LogP contribution in [0.3, 0.4) is 0 Å². The van der Waals surface area contributed by atoms with E-state index < -0.39 is 6.85 Å². The van der Waals surface area contributed by atoms with Gasteiger partial charge >= 0.3 is 0 Å². The lowest BCUT2D eigenvalue weighted by atomic mass is 10.0. The molecule has 0 aliphatic heterocycles. The van der Waals surface area contributed by atoms with E-state index in [0.29, 0.717) is 0 Å². The lowest BCUT2D eigenvalue weighted by molar-refractivity contribution is 0.669. The summed E-state index contributed by atoms with van der Waals surface area (Å²) < 4.78 is 31.3. The van der Waals surface area contributed by atoms with E-state index in [1.807, 2.05) is 12.1 Å². The van der Waals surface area contributed by atoms with Gasteiger partial charge in [0.1, 0.15) is 11.2 Å². The summed E-state index contributed by atoms with van der Waals surface area (Å²) in [7, 11) is 0. The Morgan fingerprint density at radius 1 is 0.727 bits per heavy atom. The molecule has 0 amide bonds. The third-order valence-electron chi connectivity index (χ3n) is 6.88. The second-order valence-electron chi connectivity index (χ2n) is 8.63. The Bertz CT molecular complexity index is 2130. The molecule has 0 aliphatic carbocycles. The van der Waals surface area contributed by atoms with E-state index >= 15 is 0 Å². The van der Waals surface area contributed by atoms with Crippen LogP contribution in [-0.4, -0.2) is 9.38 Å². The van der Waals surface area contributed by atoms with Gasteiger partial charge in [-0.05, 0) is 48.8 Å². The standard InChI is InChI=1S/C30H18N2O/c1-17-9-11-23(31-16-17)18-10-12-24-22(15-18)19-6-4-7-21-28-25(32(24)30(19)21)13-14-27-29(28)20-5-2-3-8-26(20)33-27/h2-16H,1H3/i1D3. The minimum absolute atomic E-state index is 0.248. The molecule has 0 radical (unpaired) electrons. The Kier molecular flexibility index (Phi) is 2.62. The minimum atomic E-state index is -2.16. The van der Waals surface area contributed by atoms with Crippen LogP contribution in [-0.2, 0) is 0 Å². The quantitative estimate of drug-likeness (QED) is 0.266. The van der Waals surface area contributed by atoms with Crippen LogP contribution in [0.4, 0.5) is 0 Å². The van der Waals surface area contributed by atoms with Crippen molar-refractivity contribution in [2.24, 2.45) is 0 Å². The number of rotatable bonds is 1. The van der Waals surface area contributed by atoms with Gasteiger partial charge in [-0.3, -0.25) is 4.98 Å². The van der Waals surface area contributed by atoms with E-state index in [2.05, 4.69) is 70.0 Å². The van der Waals surface area contributed by atoms with E-state index in [1.54, 1.807) is 12.1 Å². The van der Waals surface area contributed by atoms with Crippen molar-refractivity contribution in [2.45, 2.75) is 6.85 Å². The zero-order valence-electron chi connectivity index (χ0n) is 20.5. The van der Waals surface area contributed by atoms with Crippen LogP contribution in [0.25, 0.3) is 71.3 Å². The highest BCUT2D eigenvalue weighted by Crippen LogP contribution is 2.44. The van der Waals surface area contributed by atoms with Crippen LogP contribution in [0.5, 0.6) is 0 Å². The first-order valence-electron chi connectivity index (χ1n) is 12.5. The highest BCUT2D eigenvalue weighted by molar-refractivity contribution is 6.32. The number of aromatic nitrogens is 2. The smallest absolute Gasteiger partial charge is 0.136 e. The van der Waals surface area contributed by atoms with Crippen molar-refractivity contribution in [1.29, 1.82) is 0 Å². The van der Waals surface area contributed by atoms with Gasteiger partial charge in [0.15, 0.2) is 0 Å². The number of para-hydroxylation sites is 2. The maximum atomic E-state index is 7.60. The number of furan rings is 1. The van der Waals surface area contributed by atoms with Crippen LogP contribution in [0, 0.1) is 6.85 Å². The van der Waals surface area contributed by atoms with Gasteiger partial charge in [-0.15, -0.1) is 0 Å². The second-order valence-corrected chi connectivity index (χ2v) is 8.63. The normalized spacial score (nSPS) is 14.1. The number of hydrogen-bond donors (Lipinski definition) is 0. The molecule has 4 aromatic carbocycles. The van der Waals surface area contributed by atoms with Crippen molar-refractivity contribution >= 4 is 60.0 Å². The third-order valence-corrected chi connectivity index (χ3v) is 6.88. The molecule has 0 saturated carbocycles. The van der Waals surface area contributed by atoms with Crippen LogP contribution >= 0.6 is 0 Å². The summed E-state index contributed by atoms with van der Waals surface area (Å²) in [6.07, 6.45) is 1.45. The number of benzene rings is 4. The molecule has 0 saturated heterocycles. The fraction of sp³-hybridized carbons (Fsp3) is 0.0333. The van der Waals surface area contributed by atoms with E-state index in [1.165, 1.54) is 27.9 Å². The molecular weight excluding hydrogens is 404 g/mol. The Morgan fingerprint density at radius 2 is 1.61 bits per heavy atom. The average Bonchev–Trinajstić information content (AvgIpc) is 3.54. The van der Waals surface area contributed by atoms with Crippen molar-refractivity contribution < 1.29 is 8.53 Å². The minimum Gasteiger partial charge on any atom is -0.456 e. The SMILES string of the molecule is [2H]C([2H])([2H])c1ccc(-c2ccc3c(c2)c2cccc4c5c6c(ccc5n3c24)oc2ccccc26)nc1. The van der Waals surface area contributed by atoms with Gasteiger partial charge in [0.2, 0.25) is 0 Å². The summed E-state index contributed by atoms with van der Waals surface area (Å²) in [6.45, 7) is -2.16.